The summed E-state index contributed by atoms with van der Waals surface area (Å²) in [5, 5.41) is 10.9. The molecule has 7 heteroatoms. The summed E-state index contributed by atoms with van der Waals surface area (Å²) in [5.41, 5.74) is 2.52. The lowest BCUT2D eigenvalue weighted by atomic mass is 10.1. The Labute approximate surface area is 151 Å². The van der Waals surface area contributed by atoms with E-state index in [1.54, 1.807) is 12.4 Å². The number of benzene rings is 1. The van der Waals surface area contributed by atoms with Crippen molar-refractivity contribution in [3.05, 3.63) is 54.5 Å². The van der Waals surface area contributed by atoms with Gasteiger partial charge in [0.1, 0.15) is 0 Å². The van der Waals surface area contributed by atoms with Gasteiger partial charge in [-0.15, -0.1) is 0 Å². The van der Waals surface area contributed by atoms with E-state index in [-0.39, 0.29) is 12.1 Å². The first-order valence-corrected chi connectivity index (χ1v) is 8.79. The number of urea groups is 1. The van der Waals surface area contributed by atoms with E-state index in [1.807, 2.05) is 41.3 Å². The van der Waals surface area contributed by atoms with E-state index in [2.05, 4.69) is 20.5 Å². The van der Waals surface area contributed by atoms with E-state index in [0.29, 0.717) is 19.7 Å². The minimum Gasteiger partial charge on any atom is -0.372 e. The van der Waals surface area contributed by atoms with Crippen molar-refractivity contribution >= 4 is 22.6 Å². The van der Waals surface area contributed by atoms with Gasteiger partial charge in [-0.25, -0.2) is 4.79 Å². The summed E-state index contributed by atoms with van der Waals surface area (Å²) in [6, 6.07) is 11.5. The van der Waals surface area contributed by atoms with E-state index < -0.39 is 0 Å². The quantitative estimate of drug-likeness (QED) is 0.756. The van der Waals surface area contributed by atoms with Crippen LogP contribution >= 0.6 is 0 Å². The summed E-state index contributed by atoms with van der Waals surface area (Å²) in [6.07, 6.45) is 5.33. The third-order valence-corrected chi connectivity index (χ3v) is 4.64. The molecule has 2 N–H and O–H groups in total. The van der Waals surface area contributed by atoms with Crippen molar-refractivity contribution in [2.75, 3.05) is 18.4 Å². The molecule has 3 aromatic rings. The molecule has 1 saturated heterocycles. The number of hydrogen-bond donors (Lipinski definition) is 2. The number of aromatic amines is 1. The van der Waals surface area contributed by atoms with E-state index in [1.165, 1.54) is 0 Å². The molecule has 1 aliphatic rings. The number of amides is 2. The predicted octanol–water partition coefficient (Wildman–Crippen LogP) is 3.17. The molecule has 3 heterocycles. The Morgan fingerprint density at radius 3 is 2.92 bits per heavy atom. The first kappa shape index (κ1) is 16.5. The molecule has 0 saturated carbocycles. The number of carbonyl (C=O) groups is 1. The standard InChI is InChI=1S/C19H21N5O2/c25-19(22-17-6-3-4-14-12-21-23-18(14)17)24-10-7-16(8-11-24)26-13-15-5-1-2-9-20-15/h1-6,9,12,16H,7-8,10-11,13H2,(H,21,23)(H,22,25). The molecule has 2 amide bonds. The second-order valence-electron chi connectivity index (χ2n) is 6.39. The molecule has 0 radical (unpaired) electrons. The number of fused-ring (bicyclic) bond motifs is 1. The molecule has 26 heavy (non-hydrogen) atoms. The van der Waals surface area contributed by atoms with Crippen LogP contribution in [0.4, 0.5) is 10.5 Å². The lowest BCUT2D eigenvalue weighted by molar-refractivity contribution is 0.00399. The summed E-state index contributed by atoms with van der Waals surface area (Å²) in [4.78, 5) is 18.6. The van der Waals surface area contributed by atoms with Crippen LogP contribution in [0.2, 0.25) is 0 Å². The van der Waals surface area contributed by atoms with E-state index in [9.17, 15) is 4.79 Å². The summed E-state index contributed by atoms with van der Waals surface area (Å²) < 4.78 is 5.93. The Morgan fingerprint density at radius 1 is 1.23 bits per heavy atom. The van der Waals surface area contributed by atoms with Gasteiger partial charge >= 0.3 is 6.03 Å². The summed E-state index contributed by atoms with van der Waals surface area (Å²) in [6.45, 7) is 1.87. The van der Waals surface area contributed by atoms with Gasteiger partial charge in [0.25, 0.3) is 0 Å². The Kier molecular flexibility index (Phi) is 4.79. The Balaban J connectivity index is 1.29. The smallest absolute Gasteiger partial charge is 0.321 e. The number of hydrogen-bond acceptors (Lipinski definition) is 4. The van der Waals surface area contributed by atoms with Crippen molar-refractivity contribution in [3.63, 3.8) is 0 Å². The minimum absolute atomic E-state index is 0.0877. The first-order valence-electron chi connectivity index (χ1n) is 8.79. The largest absolute Gasteiger partial charge is 0.372 e. The Morgan fingerprint density at radius 2 is 2.12 bits per heavy atom. The highest BCUT2D eigenvalue weighted by molar-refractivity contribution is 5.99. The zero-order valence-corrected chi connectivity index (χ0v) is 14.4. The van der Waals surface area contributed by atoms with Crippen LogP contribution in [-0.2, 0) is 11.3 Å². The monoisotopic (exact) mass is 351 g/mol. The number of pyridine rings is 1. The molecule has 134 valence electrons. The Hall–Kier alpha value is -2.93. The number of nitrogens with zero attached hydrogens (tertiary/aromatic N) is 3. The number of ether oxygens (including phenoxy) is 1. The van der Waals surface area contributed by atoms with Gasteiger partial charge in [0.2, 0.25) is 0 Å². The zero-order valence-electron chi connectivity index (χ0n) is 14.4. The van der Waals surface area contributed by atoms with Crippen LogP contribution in [0.25, 0.3) is 10.9 Å². The van der Waals surface area contributed by atoms with Crippen LogP contribution in [0.3, 0.4) is 0 Å². The van der Waals surface area contributed by atoms with Crippen molar-refractivity contribution in [1.29, 1.82) is 0 Å². The fraction of sp³-hybridized carbons (Fsp3) is 0.316. The van der Waals surface area contributed by atoms with Gasteiger partial charge < -0.3 is 15.0 Å². The summed E-state index contributed by atoms with van der Waals surface area (Å²) in [5.74, 6) is 0. The third kappa shape index (κ3) is 3.67. The van der Waals surface area contributed by atoms with Crippen molar-refractivity contribution < 1.29 is 9.53 Å². The van der Waals surface area contributed by atoms with Gasteiger partial charge in [-0.1, -0.05) is 18.2 Å². The van der Waals surface area contributed by atoms with Crippen molar-refractivity contribution in [3.8, 4) is 0 Å². The molecule has 0 spiro atoms. The molecule has 2 aromatic heterocycles. The fourth-order valence-corrected chi connectivity index (χ4v) is 3.18. The number of H-pyrrole nitrogens is 1. The number of likely N-dealkylation sites (tertiary alicyclic amines) is 1. The molecule has 0 bridgehead atoms. The van der Waals surface area contributed by atoms with Gasteiger partial charge in [-0.05, 0) is 31.0 Å². The SMILES string of the molecule is O=C(Nc1cccc2cn[nH]c12)N1CCC(OCc2ccccn2)CC1. The first-order chi connectivity index (χ1) is 12.8. The van der Waals surface area contributed by atoms with Crippen LogP contribution in [0.5, 0.6) is 0 Å². The molecule has 0 aliphatic carbocycles. The average molecular weight is 351 g/mol. The minimum atomic E-state index is -0.0877. The third-order valence-electron chi connectivity index (χ3n) is 4.64. The number of carbonyl (C=O) groups excluding carboxylic acids is 1. The number of para-hydroxylation sites is 1. The maximum absolute atomic E-state index is 12.5. The van der Waals surface area contributed by atoms with Crippen molar-refractivity contribution in [2.45, 2.75) is 25.6 Å². The highest BCUT2D eigenvalue weighted by Crippen LogP contribution is 2.22. The highest BCUT2D eigenvalue weighted by Gasteiger charge is 2.23. The maximum Gasteiger partial charge on any atom is 0.321 e. The average Bonchev–Trinajstić information content (AvgIpc) is 3.17. The molecule has 0 unspecified atom stereocenters. The van der Waals surface area contributed by atoms with Crippen LogP contribution in [-0.4, -0.2) is 45.3 Å². The normalized spacial score (nSPS) is 15.3. The predicted molar refractivity (Wildman–Crippen MR) is 98.7 cm³/mol. The van der Waals surface area contributed by atoms with Gasteiger partial charge in [-0.3, -0.25) is 10.1 Å². The Bertz CT molecular complexity index is 872. The molecule has 1 aromatic carbocycles. The van der Waals surface area contributed by atoms with Crippen LogP contribution in [0, 0.1) is 0 Å². The number of nitrogens with one attached hydrogen (secondary N) is 2. The van der Waals surface area contributed by atoms with Gasteiger partial charge in [-0.2, -0.15) is 5.10 Å². The fourth-order valence-electron chi connectivity index (χ4n) is 3.18. The van der Waals surface area contributed by atoms with Crippen LogP contribution in [0.15, 0.2) is 48.8 Å². The number of piperidine rings is 1. The topological polar surface area (TPSA) is 83.1 Å². The summed E-state index contributed by atoms with van der Waals surface area (Å²) >= 11 is 0. The van der Waals surface area contributed by atoms with Crippen molar-refractivity contribution in [1.82, 2.24) is 20.1 Å². The molecule has 7 nitrogen and oxygen atoms in total. The van der Waals surface area contributed by atoms with Crippen LogP contribution < -0.4 is 5.32 Å². The molecular formula is C19H21N5O2. The highest BCUT2D eigenvalue weighted by atomic mass is 16.5. The maximum atomic E-state index is 12.5. The number of aromatic nitrogens is 3. The summed E-state index contributed by atoms with van der Waals surface area (Å²) in [7, 11) is 0. The van der Waals surface area contributed by atoms with E-state index >= 15 is 0 Å². The van der Waals surface area contributed by atoms with Gasteiger partial charge in [0.15, 0.2) is 0 Å². The number of anilines is 1. The van der Waals surface area contributed by atoms with Crippen LogP contribution in [0.1, 0.15) is 18.5 Å². The molecule has 0 atom stereocenters. The second-order valence-corrected chi connectivity index (χ2v) is 6.39. The van der Waals surface area contributed by atoms with Gasteiger partial charge in [0, 0.05) is 24.7 Å². The zero-order chi connectivity index (χ0) is 17.8. The molecule has 1 fully saturated rings. The number of rotatable bonds is 4. The lowest BCUT2D eigenvalue weighted by Gasteiger charge is -2.32. The van der Waals surface area contributed by atoms with E-state index in [4.69, 9.17) is 4.74 Å². The lowest BCUT2D eigenvalue weighted by Crippen LogP contribution is -2.43. The molecular weight excluding hydrogens is 330 g/mol. The van der Waals surface area contributed by atoms with Crippen molar-refractivity contribution in [2.24, 2.45) is 0 Å². The van der Waals surface area contributed by atoms with E-state index in [0.717, 1.165) is 35.1 Å². The molecule has 1 aliphatic heterocycles. The van der Waals surface area contributed by atoms with Gasteiger partial charge in [0.05, 0.1) is 35.8 Å². The second kappa shape index (κ2) is 7.53. The molecule has 4 rings (SSSR count).